The van der Waals surface area contributed by atoms with E-state index >= 15 is 0 Å². The van der Waals surface area contributed by atoms with Crippen LogP contribution in [0.25, 0.3) is 0 Å². The van der Waals surface area contributed by atoms with Crippen molar-refractivity contribution in [2.45, 2.75) is 26.7 Å². The number of aliphatic hydroxyl groups is 1. The zero-order valence-corrected chi connectivity index (χ0v) is 8.76. The summed E-state index contributed by atoms with van der Waals surface area (Å²) in [7, 11) is -3.67. The minimum Gasteiger partial charge on any atom is -0.513 e. The van der Waals surface area contributed by atoms with Crippen molar-refractivity contribution in [2.24, 2.45) is 0 Å². The first-order chi connectivity index (χ1) is 5.33. The minimum absolute atomic E-state index is 0. The van der Waals surface area contributed by atoms with Crippen LogP contribution in [0.15, 0.2) is 12.3 Å². The van der Waals surface area contributed by atoms with Gasteiger partial charge in [-0.3, -0.25) is 4.55 Å². The minimum atomic E-state index is -3.67. The van der Waals surface area contributed by atoms with Crippen LogP contribution in [0.2, 0.25) is 0 Å². The number of rotatable bonds is 3. The lowest BCUT2D eigenvalue weighted by molar-refractivity contribution is 0.397. The highest BCUT2D eigenvalue weighted by Gasteiger charge is 1.98. The number of aliphatic hydroxyl groups excluding tert-OH is 1. The fourth-order valence-electron chi connectivity index (χ4n) is 0.258. The standard InChI is InChI=1S/C4H8O.C3H8O3S.H2O/c1-3-4(2)5;1-2-3-7(4,5)6;/h5H,2-3H2,1H3;2-3H2,1H3,(H,4,5,6);1H2. The average Bonchev–Trinajstić information content (AvgIpc) is 1.86. The van der Waals surface area contributed by atoms with Crippen LogP contribution in [0.5, 0.6) is 0 Å². The summed E-state index contributed by atoms with van der Waals surface area (Å²) in [6.45, 7) is 6.77. The molecule has 0 saturated carbocycles. The van der Waals surface area contributed by atoms with Gasteiger partial charge in [-0.1, -0.05) is 20.4 Å². The van der Waals surface area contributed by atoms with Gasteiger partial charge in [-0.2, -0.15) is 8.42 Å². The predicted molar refractivity (Wildman–Crippen MR) is 52.4 cm³/mol. The lowest BCUT2D eigenvalue weighted by atomic mass is 10.4. The fourth-order valence-corrected chi connectivity index (χ4v) is 0.774. The van der Waals surface area contributed by atoms with E-state index in [1.807, 2.05) is 6.92 Å². The average molecular weight is 214 g/mol. The third kappa shape index (κ3) is 34.5. The highest BCUT2D eigenvalue weighted by atomic mass is 32.2. The Morgan fingerprint density at radius 3 is 1.69 bits per heavy atom. The van der Waals surface area contributed by atoms with Gasteiger partial charge >= 0.3 is 0 Å². The third-order valence-corrected chi connectivity index (χ3v) is 1.79. The first kappa shape index (κ1) is 18.2. The molecule has 0 bridgehead atoms. The van der Waals surface area contributed by atoms with Crippen molar-refractivity contribution in [3.8, 4) is 0 Å². The summed E-state index contributed by atoms with van der Waals surface area (Å²) < 4.78 is 27.6. The Hall–Kier alpha value is -0.590. The van der Waals surface area contributed by atoms with Crippen LogP contribution in [-0.4, -0.2) is 29.3 Å². The van der Waals surface area contributed by atoms with E-state index in [0.29, 0.717) is 12.8 Å². The summed E-state index contributed by atoms with van der Waals surface area (Å²) in [6.07, 6.45) is 1.14. The molecule has 0 aliphatic heterocycles. The number of hydrogen-bond acceptors (Lipinski definition) is 3. The van der Waals surface area contributed by atoms with Crippen LogP contribution < -0.4 is 0 Å². The van der Waals surface area contributed by atoms with Gasteiger partial charge in [-0.05, 0) is 6.42 Å². The summed E-state index contributed by atoms with van der Waals surface area (Å²) in [6, 6.07) is 0. The van der Waals surface area contributed by atoms with E-state index in [1.54, 1.807) is 6.92 Å². The molecule has 0 aliphatic rings. The third-order valence-electron chi connectivity index (χ3n) is 0.870. The first-order valence-electron chi connectivity index (χ1n) is 3.65. The molecule has 0 spiro atoms. The molecule has 0 radical (unpaired) electrons. The van der Waals surface area contributed by atoms with Gasteiger partial charge in [0.25, 0.3) is 10.1 Å². The summed E-state index contributed by atoms with van der Waals surface area (Å²) >= 11 is 0. The normalized spacial score (nSPS) is 9.15. The molecular formula is C7H18O5S. The smallest absolute Gasteiger partial charge is 0.264 e. The van der Waals surface area contributed by atoms with Gasteiger partial charge in [0.15, 0.2) is 0 Å². The summed E-state index contributed by atoms with van der Waals surface area (Å²) in [5.74, 6) is 0.123. The van der Waals surface area contributed by atoms with Gasteiger partial charge in [-0.25, -0.2) is 0 Å². The van der Waals surface area contributed by atoms with E-state index in [9.17, 15) is 8.42 Å². The lowest BCUT2D eigenvalue weighted by Crippen LogP contribution is -2.01. The monoisotopic (exact) mass is 214 g/mol. The SMILES string of the molecule is C=C(O)CC.CCCS(=O)(=O)O.O. The Bertz CT molecular complexity index is 207. The van der Waals surface area contributed by atoms with E-state index in [2.05, 4.69) is 6.58 Å². The molecule has 0 amide bonds. The van der Waals surface area contributed by atoms with E-state index < -0.39 is 10.1 Å². The van der Waals surface area contributed by atoms with Crippen molar-refractivity contribution in [2.75, 3.05) is 5.75 Å². The molecule has 5 nitrogen and oxygen atoms in total. The van der Waals surface area contributed by atoms with Crippen molar-refractivity contribution < 1.29 is 23.6 Å². The van der Waals surface area contributed by atoms with E-state index in [1.165, 1.54) is 0 Å². The second kappa shape index (κ2) is 9.50. The van der Waals surface area contributed by atoms with Crippen LogP contribution in [0.3, 0.4) is 0 Å². The van der Waals surface area contributed by atoms with Crippen LogP contribution in [0, 0.1) is 0 Å². The maximum atomic E-state index is 9.79. The Labute approximate surface area is 79.1 Å². The van der Waals surface area contributed by atoms with Crippen molar-refractivity contribution in [3.05, 3.63) is 12.3 Å². The van der Waals surface area contributed by atoms with Gasteiger partial charge in [0.1, 0.15) is 0 Å². The van der Waals surface area contributed by atoms with Crippen molar-refractivity contribution in [1.82, 2.24) is 0 Å². The van der Waals surface area contributed by atoms with Crippen molar-refractivity contribution >= 4 is 10.1 Å². The largest absolute Gasteiger partial charge is 0.513 e. The van der Waals surface area contributed by atoms with Crippen LogP contribution in [-0.2, 0) is 10.1 Å². The van der Waals surface area contributed by atoms with Gasteiger partial charge in [-0.15, -0.1) is 0 Å². The molecule has 6 heteroatoms. The zero-order chi connectivity index (χ0) is 10.2. The van der Waals surface area contributed by atoms with Crippen molar-refractivity contribution in [1.29, 1.82) is 0 Å². The predicted octanol–water partition coefficient (Wildman–Crippen LogP) is 0.928. The highest BCUT2D eigenvalue weighted by molar-refractivity contribution is 7.85. The van der Waals surface area contributed by atoms with Gasteiger partial charge < -0.3 is 10.6 Å². The Morgan fingerprint density at radius 2 is 1.69 bits per heavy atom. The molecule has 82 valence electrons. The number of allylic oxidation sites excluding steroid dienone is 1. The molecule has 0 heterocycles. The maximum absolute atomic E-state index is 9.79. The topological polar surface area (TPSA) is 106 Å². The molecule has 4 N–H and O–H groups in total. The molecule has 0 aromatic carbocycles. The molecule has 0 unspecified atom stereocenters. The second-order valence-electron chi connectivity index (χ2n) is 2.21. The maximum Gasteiger partial charge on any atom is 0.264 e. The quantitative estimate of drug-likeness (QED) is 0.538. The Balaban J connectivity index is -0.000000150. The van der Waals surface area contributed by atoms with Crippen LogP contribution >= 0.6 is 0 Å². The zero-order valence-electron chi connectivity index (χ0n) is 7.95. The molecule has 0 rings (SSSR count). The Morgan fingerprint density at radius 1 is 1.38 bits per heavy atom. The first-order valence-corrected chi connectivity index (χ1v) is 5.26. The fraction of sp³-hybridized carbons (Fsp3) is 0.714. The van der Waals surface area contributed by atoms with E-state index in [0.717, 1.165) is 0 Å². The molecule has 13 heavy (non-hydrogen) atoms. The molecule has 0 atom stereocenters. The Kier molecular flexibility index (Phi) is 13.3. The molecule has 0 saturated heterocycles. The summed E-state index contributed by atoms with van der Waals surface area (Å²) in [5, 5.41) is 8.17. The molecular weight excluding hydrogens is 196 g/mol. The highest BCUT2D eigenvalue weighted by Crippen LogP contribution is 1.84. The van der Waals surface area contributed by atoms with Crippen LogP contribution in [0.1, 0.15) is 26.7 Å². The molecule has 0 aliphatic carbocycles. The van der Waals surface area contributed by atoms with Crippen molar-refractivity contribution in [3.63, 3.8) is 0 Å². The second-order valence-corrected chi connectivity index (χ2v) is 3.78. The molecule has 0 fully saturated rings. The molecule has 0 aromatic rings. The number of hydrogen-bond donors (Lipinski definition) is 2. The van der Waals surface area contributed by atoms with E-state index in [4.69, 9.17) is 9.66 Å². The van der Waals surface area contributed by atoms with E-state index in [-0.39, 0.29) is 17.0 Å². The lowest BCUT2D eigenvalue weighted by Gasteiger charge is -1.85. The van der Waals surface area contributed by atoms with Gasteiger partial charge in [0, 0.05) is 6.42 Å². The summed E-state index contributed by atoms with van der Waals surface area (Å²) in [5.41, 5.74) is 0. The van der Waals surface area contributed by atoms with Gasteiger partial charge in [0.2, 0.25) is 0 Å². The van der Waals surface area contributed by atoms with Gasteiger partial charge in [0.05, 0.1) is 11.5 Å². The summed E-state index contributed by atoms with van der Waals surface area (Å²) in [4.78, 5) is 0. The van der Waals surface area contributed by atoms with Crippen LogP contribution in [0.4, 0.5) is 0 Å². The molecule has 0 aromatic heterocycles.